The van der Waals surface area contributed by atoms with Gasteiger partial charge >= 0.3 is 0 Å². The summed E-state index contributed by atoms with van der Waals surface area (Å²) >= 11 is 0. The molecule has 0 aliphatic carbocycles. The zero-order chi connectivity index (χ0) is 24.4. The fourth-order valence-electron chi connectivity index (χ4n) is 4.53. The van der Waals surface area contributed by atoms with Gasteiger partial charge in [-0.25, -0.2) is 0 Å². The highest BCUT2D eigenvalue weighted by Crippen LogP contribution is 2.34. The highest BCUT2D eigenvalue weighted by molar-refractivity contribution is 6.01. The second-order valence-corrected chi connectivity index (χ2v) is 8.92. The van der Waals surface area contributed by atoms with Crippen molar-refractivity contribution in [2.24, 2.45) is 0 Å². The topological polar surface area (TPSA) is 60.6 Å². The molecule has 35 heavy (non-hydrogen) atoms. The van der Waals surface area contributed by atoms with Crippen LogP contribution in [0.3, 0.4) is 0 Å². The Balaban J connectivity index is 1.59. The Morgan fingerprint density at radius 3 is 2.57 bits per heavy atom. The van der Waals surface area contributed by atoms with Crippen LogP contribution in [-0.2, 0) is 0 Å². The van der Waals surface area contributed by atoms with Gasteiger partial charge in [-0.2, -0.15) is 5.10 Å². The van der Waals surface area contributed by atoms with Crippen molar-refractivity contribution in [2.45, 2.75) is 6.92 Å². The maximum absolute atomic E-state index is 4.68. The number of hydrogen-bond acceptors (Lipinski definition) is 3. The minimum Gasteiger partial charge on any atom is -0.353 e. The van der Waals surface area contributed by atoms with E-state index in [4.69, 9.17) is 0 Å². The molecular formula is C30H29N5. The van der Waals surface area contributed by atoms with Gasteiger partial charge in [-0.1, -0.05) is 43.0 Å². The van der Waals surface area contributed by atoms with Crippen LogP contribution < -0.4 is 0 Å². The molecule has 0 bridgehead atoms. The highest BCUT2D eigenvalue weighted by Gasteiger charge is 2.14. The van der Waals surface area contributed by atoms with Crippen LogP contribution in [0.2, 0.25) is 0 Å². The molecule has 5 nitrogen and oxygen atoms in total. The van der Waals surface area contributed by atoms with E-state index < -0.39 is 0 Å². The van der Waals surface area contributed by atoms with E-state index in [1.165, 1.54) is 11.1 Å². The molecule has 0 unspecified atom stereocenters. The van der Waals surface area contributed by atoms with Crippen LogP contribution in [0.1, 0.15) is 12.5 Å². The van der Waals surface area contributed by atoms with Crippen LogP contribution >= 0.6 is 0 Å². The van der Waals surface area contributed by atoms with Crippen molar-refractivity contribution in [2.75, 3.05) is 20.6 Å². The lowest BCUT2D eigenvalue weighted by Crippen LogP contribution is -2.14. The Bertz CT molecular complexity index is 1560. The first kappa shape index (κ1) is 22.6. The van der Waals surface area contributed by atoms with Gasteiger partial charge in [0.2, 0.25) is 0 Å². The molecule has 5 aromatic rings. The summed E-state index contributed by atoms with van der Waals surface area (Å²) in [6.45, 7) is 6.91. The Kier molecular flexibility index (Phi) is 6.17. The Hall–Kier alpha value is -4.22. The molecule has 0 spiro atoms. The zero-order valence-electron chi connectivity index (χ0n) is 20.3. The van der Waals surface area contributed by atoms with Crippen molar-refractivity contribution < 1.29 is 0 Å². The molecule has 5 rings (SSSR count). The molecule has 0 radical (unpaired) electrons. The standard InChI is InChI=1S/C30H29N5/c1-5-20(19-35(3)4)16-21(6-2)23-10-11-28-26(17-23)30(34-33-28)29-18-25-24(8-7-9-27(25)32-29)22-12-14-31-15-13-22/h5-18,32H,1,19H2,2-4H3,(H,33,34)/b20-16+,21-6+. The first-order valence-electron chi connectivity index (χ1n) is 11.7. The number of aromatic amines is 2. The normalized spacial score (nSPS) is 12.7. The van der Waals surface area contributed by atoms with Gasteiger partial charge in [-0.3, -0.25) is 10.1 Å². The molecule has 2 N–H and O–H groups in total. The summed E-state index contributed by atoms with van der Waals surface area (Å²) in [5.41, 5.74) is 9.79. The molecule has 5 heteroatoms. The molecule has 2 aromatic carbocycles. The Morgan fingerprint density at radius 2 is 1.83 bits per heavy atom. The van der Waals surface area contributed by atoms with Crippen LogP contribution in [0.15, 0.2) is 97.4 Å². The summed E-state index contributed by atoms with van der Waals surface area (Å²) in [6, 6.07) is 19.0. The molecule has 0 fully saturated rings. The predicted molar refractivity (Wildman–Crippen MR) is 147 cm³/mol. The van der Waals surface area contributed by atoms with Crippen LogP contribution in [0.5, 0.6) is 0 Å². The third-order valence-electron chi connectivity index (χ3n) is 6.22. The maximum Gasteiger partial charge on any atom is 0.116 e. The SMILES string of the molecule is C=C/C(=C\C(=C/C)c1ccc2[nH]nc(-c3cc4c(-c5ccncc5)cccc4[nH]3)c2c1)CN(C)C. The predicted octanol–water partition coefficient (Wildman–Crippen LogP) is 6.85. The van der Waals surface area contributed by atoms with E-state index in [9.17, 15) is 0 Å². The Labute approximate surface area is 205 Å². The van der Waals surface area contributed by atoms with Crippen molar-refractivity contribution >= 4 is 27.4 Å². The third-order valence-corrected chi connectivity index (χ3v) is 6.22. The maximum atomic E-state index is 4.68. The van der Waals surface area contributed by atoms with E-state index in [1.807, 2.05) is 30.6 Å². The van der Waals surface area contributed by atoms with Gasteiger partial charge in [0, 0.05) is 35.2 Å². The molecule has 0 aliphatic heterocycles. The number of aromatic nitrogens is 4. The molecule has 0 saturated carbocycles. The van der Waals surface area contributed by atoms with E-state index in [2.05, 4.69) is 107 Å². The number of pyridine rings is 1. The first-order chi connectivity index (χ1) is 17.1. The van der Waals surface area contributed by atoms with Crippen LogP contribution in [-0.4, -0.2) is 45.7 Å². The van der Waals surface area contributed by atoms with Gasteiger partial charge in [-0.05, 0) is 85.3 Å². The molecule has 0 aliphatic rings. The summed E-state index contributed by atoms with van der Waals surface area (Å²) < 4.78 is 0. The number of allylic oxidation sites excluding steroid dienone is 3. The second-order valence-electron chi connectivity index (χ2n) is 8.92. The molecule has 0 amide bonds. The molecule has 3 heterocycles. The van der Waals surface area contributed by atoms with E-state index in [1.54, 1.807) is 0 Å². The summed E-state index contributed by atoms with van der Waals surface area (Å²) in [4.78, 5) is 9.89. The third kappa shape index (κ3) is 4.46. The average Bonchev–Trinajstić information content (AvgIpc) is 3.50. The number of nitrogens with one attached hydrogen (secondary N) is 2. The summed E-state index contributed by atoms with van der Waals surface area (Å²) in [5, 5.41) is 10.1. The van der Waals surface area contributed by atoms with Crippen molar-refractivity contribution in [3.05, 3.63) is 103 Å². The number of H-pyrrole nitrogens is 2. The number of hydrogen-bond donors (Lipinski definition) is 2. The van der Waals surface area contributed by atoms with E-state index in [-0.39, 0.29) is 0 Å². The van der Waals surface area contributed by atoms with Crippen LogP contribution in [0.25, 0.3) is 49.9 Å². The minimum absolute atomic E-state index is 0.842. The lowest BCUT2D eigenvalue weighted by Gasteiger charge is -2.11. The zero-order valence-corrected chi connectivity index (χ0v) is 20.3. The van der Waals surface area contributed by atoms with Gasteiger partial charge in [0.1, 0.15) is 5.69 Å². The molecule has 174 valence electrons. The van der Waals surface area contributed by atoms with Crippen LogP contribution in [0.4, 0.5) is 0 Å². The average molecular weight is 460 g/mol. The van der Waals surface area contributed by atoms with Gasteiger partial charge < -0.3 is 9.88 Å². The monoisotopic (exact) mass is 459 g/mol. The number of likely N-dealkylation sites (N-methyl/N-ethyl adjacent to an activating group) is 1. The van der Waals surface area contributed by atoms with Gasteiger partial charge in [0.05, 0.1) is 11.2 Å². The van der Waals surface area contributed by atoms with Crippen molar-refractivity contribution in [1.29, 1.82) is 0 Å². The first-order valence-corrected chi connectivity index (χ1v) is 11.7. The summed E-state index contributed by atoms with van der Waals surface area (Å²) in [6.07, 6.45) is 9.93. The van der Waals surface area contributed by atoms with E-state index in [0.29, 0.717) is 0 Å². The quantitative estimate of drug-likeness (QED) is 0.262. The second kappa shape index (κ2) is 9.57. The Morgan fingerprint density at radius 1 is 1.00 bits per heavy atom. The molecule has 0 atom stereocenters. The molecular weight excluding hydrogens is 430 g/mol. The minimum atomic E-state index is 0.842. The van der Waals surface area contributed by atoms with E-state index >= 15 is 0 Å². The highest BCUT2D eigenvalue weighted by atomic mass is 15.1. The number of fused-ring (bicyclic) bond motifs is 2. The van der Waals surface area contributed by atoms with Gasteiger partial charge in [0.25, 0.3) is 0 Å². The van der Waals surface area contributed by atoms with Crippen molar-refractivity contribution in [1.82, 2.24) is 25.1 Å². The molecule has 3 aromatic heterocycles. The largest absolute Gasteiger partial charge is 0.353 e. The summed E-state index contributed by atoms with van der Waals surface area (Å²) in [5.74, 6) is 0. The van der Waals surface area contributed by atoms with Crippen molar-refractivity contribution in [3.63, 3.8) is 0 Å². The van der Waals surface area contributed by atoms with Crippen molar-refractivity contribution in [3.8, 4) is 22.5 Å². The lowest BCUT2D eigenvalue weighted by atomic mass is 9.99. The van der Waals surface area contributed by atoms with Gasteiger partial charge in [0.15, 0.2) is 0 Å². The fourth-order valence-corrected chi connectivity index (χ4v) is 4.53. The number of nitrogens with zero attached hydrogens (tertiary/aromatic N) is 3. The smallest absolute Gasteiger partial charge is 0.116 e. The fraction of sp³-hybridized carbons (Fsp3) is 0.133. The number of benzene rings is 2. The van der Waals surface area contributed by atoms with E-state index in [0.717, 1.165) is 56.4 Å². The molecule has 0 saturated heterocycles. The number of rotatable bonds is 7. The van der Waals surface area contributed by atoms with Crippen LogP contribution in [0, 0.1) is 0 Å². The lowest BCUT2D eigenvalue weighted by molar-refractivity contribution is 0.449. The summed E-state index contributed by atoms with van der Waals surface area (Å²) in [7, 11) is 4.13. The van der Waals surface area contributed by atoms with Gasteiger partial charge in [-0.15, -0.1) is 0 Å².